The topological polar surface area (TPSA) is 72.2 Å². The van der Waals surface area contributed by atoms with Gasteiger partial charge in [0.15, 0.2) is 0 Å². The molecule has 1 aromatic carbocycles. The van der Waals surface area contributed by atoms with E-state index in [2.05, 4.69) is 11.9 Å². The van der Waals surface area contributed by atoms with Gasteiger partial charge in [0.2, 0.25) is 11.8 Å². The van der Waals surface area contributed by atoms with Crippen LogP contribution in [0.5, 0.6) is 0 Å². The summed E-state index contributed by atoms with van der Waals surface area (Å²) in [4.78, 5) is 23.2. The van der Waals surface area contributed by atoms with Gasteiger partial charge in [-0.05, 0) is 30.9 Å². The molecule has 0 saturated heterocycles. The van der Waals surface area contributed by atoms with Crippen molar-refractivity contribution in [2.24, 2.45) is 5.73 Å². The van der Waals surface area contributed by atoms with Gasteiger partial charge in [-0.1, -0.05) is 24.3 Å². The fraction of sp³-hybridized carbons (Fsp3) is 0.375. The fourth-order valence-corrected chi connectivity index (χ4v) is 2.04. The standard InChI is InChI=1S/C16H19F3N2O2/c1-2-3-4-8-13(15(20)23)21-14(22)10-11-6-5-7-12(9-11)16(17,18)19/h2,5-7,9,13H,1,3-4,8,10H2,(H2,20,23)(H,21,22)/t13-/m1/s1. The van der Waals surface area contributed by atoms with E-state index in [0.717, 1.165) is 12.1 Å². The van der Waals surface area contributed by atoms with Crippen LogP contribution in [0.4, 0.5) is 13.2 Å². The molecule has 0 aliphatic rings. The Kier molecular flexibility index (Phi) is 6.81. The zero-order chi connectivity index (χ0) is 17.5. The Labute approximate surface area is 132 Å². The van der Waals surface area contributed by atoms with Crippen LogP contribution in [-0.2, 0) is 22.2 Å². The number of carbonyl (C=O) groups excluding carboxylic acids is 2. The molecule has 7 heteroatoms. The number of primary amides is 1. The first-order chi connectivity index (χ1) is 10.7. The third-order valence-electron chi connectivity index (χ3n) is 3.20. The second kappa shape index (κ2) is 8.36. The summed E-state index contributed by atoms with van der Waals surface area (Å²) in [5.41, 5.74) is 4.61. The fourth-order valence-electron chi connectivity index (χ4n) is 2.04. The Morgan fingerprint density at radius 3 is 2.61 bits per heavy atom. The molecule has 0 aromatic heterocycles. The molecule has 4 nitrogen and oxygen atoms in total. The minimum atomic E-state index is -4.47. The molecule has 3 N–H and O–H groups in total. The van der Waals surface area contributed by atoms with E-state index >= 15 is 0 Å². The monoisotopic (exact) mass is 328 g/mol. The van der Waals surface area contributed by atoms with Crippen LogP contribution in [-0.4, -0.2) is 17.9 Å². The highest BCUT2D eigenvalue weighted by atomic mass is 19.4. The molecule has 126 valence electrons. The van der Waals surface area contributed by atoms with Gasteiger partial charge in [0.05, 0.1) is 12.0 Å². The molecule has 0 bridgehead atoms. The lowest BCUT2D eigenvalue weighted by molar-refractivity contribution is -0.137. The molecule has 0 saturated carbocycles. The molecule has 2 amide bonds. The van der Waals surface area contributed by atoms with Gasteiger partial charge >= 0.3 is 6.18 Å². The van der Waals surface area contributed by atoms with E-state index in [-0.39, 0.29) is 12.0 Å². The number of alkyl halides is 3. The molecule has 1 aromatic rings. The zero-order valence-corrected chi connectivity index (χ0v) is 12.5. The Morgan fingerprint density at radius 1 is 1.35 bits per heavy atom. The first-order valence-corrected chi connectivity index (χ1v) is 7.09. The number of allylic oxidation sites excluding steroid dienone is 1. The van der Waals surface area contributed by atoms with Gasteiger partial charge in [-0.15, -0.1) is 6.58 Å². The first-order valence-electron chi connectivity index (χ1n) is 7.09. The minimum Gasteiger partial charge on any atom is -0.368 e. The number of hydrogen-bond donors (Lipinski definition) is 2. The average Bonchev–Trinajstić information content (AvgIpc) is 2.45. The smallest absolute Gasteiger partial charge is 0.368 e. The van der Waals surface area contributed by atoms with Gasteiger partial charge < -0.3 is 11.1 Å². The maximum absolute atomic E-state index is 12.6. The molecule has 0 aliphatic heterocycles. The number of benzene rings is 1. The molecular weight excluding hydrogens is 309 g/mol. The molecule has 0 radical (unpaired) electrons. The van der Waals surface area contributed by atoms with Crippen LogP contribution in [0.25, 0.3) is 0 Å². The van der Waals surface area contributed by atoms with Gasteiger partial charge in [0.1, 0.15) is 6.04 Å². The summed E-state index contributed by atoms with van der Waals surface area (Å²) >= 11 is 0. The van der Waals surface area contributed by atoms with Crippen LogP contribution in [0.1, 0.15) is 30.4 Å². The average molecular weight is 328 g/mol. The number of unbranched alkanes of at least 4 members (excludes halogenated alkanes) is 1. The summed E-state index contributed by atoms with van der Waals surface area (Å²) in [7, 11) is 0. The van der Waals surface area contributed by atoms with E-state index in [1.54, 1.807) is 6.08 Å². The highest BCUT2D eigenvalue weighted by Gasteiger charge is 2.30. The molecule has 0 fully saturated rings. The van der Waals surface area contributed by atoms with Crippen molar-refractivity contribution in [1.29, 1.82) is 0 Å². The van der Waals surface area contributed by atoms with E-state index in [9.17, 15) is 22.8 Å². The molecule has 0 unspecified atom stereocenters. The number of hydrogen-bond acceptors (Lipinski definition) is 2. The maximum Gasteiger partial charge on any atom is 0.416 e. The van der Waals surface area contributed by atoms with Gasteiger partial charge in [0, 0.05) is 0 Å². The van der Waals surface area contributed by atoms with E-state index < -0.39 is 29.6 Å². The number of halogens is 3. The predicted octanol–water partition coefficient (Wildman–Crippen LogP) is 2.57. The van der Waals surface area contributed by atoms with Crippen LogP contribution in [0, 0.1) is 0 Å². The zero-order valence-electron chi connectivity index (χ0n) is 12.5. The normalized spacial score (nSPS) is 12.5. The van der Waals surface area contributed by atoms with Crippen LogP contribution in [0.15, 0.2) is 36.9 Å². The SMILES string of the molecule is C=CCCC[C@@H](NC(=O)Cc1cccc(C(F)(F)F)c1)C(N)=O. The number of amides is 2. The van der Waals surface area contributed by atoms with E-state index in [4.69, 9.17) is 5.73 Å². The van der Waals surface area contributed by atoms with Gasteiger partial charge in [0.25, 0.3) is 0 Å². The van der Waals surface area contributed by atoms with Gasteiger partial charge in [-0.2, -0.15) is 13.2 Å². The van der Waals surface area contributed by atoms with Crippen molar-refractivity contribution in [3.63, 3.8) is 0 Å². The summed E-state index contributed by atoms with van der Waals surface area (Å²) in [6.45, 7) is 3.55. The summed E-state index contributed by atoms with van der Waals surface area (Å²) in [5.74, 6) is -1.22. The van der Waals surface area contributed by atoms with Crippen LogP contribution in [0.2, 0.25) is 0 Å². The van der Waals surface area contributed by atoms with Crippen LogP contribution < -0.4 is 11.1 Å². The number of nitrogens with two attached hydrogens (primary N) is 1. The second-order valence-electron chi connectivity index (χ2n) is 5.12. The molecule has 1 rings (SSSR count). The Bertz CT molecular complexity index is 571. The highest BCUT2D eigenvalue weighted by Crippen LogP contribution is 2.29. The summed E-state index contributed by atoms with van der Waals surface area (Å²) in [6.07, 6.45) is -1.38. The lowest BCUT2D eigenvalue weighted by Gasteiger charge is -2.15. The quantitative estimate of drug-likeness (QED) is 0.569. The molecule has 1 atom stereocenters. The van der Waals surface area contributed by atoms with Crippen LogP contribution in [0.3, 0.4) is 0 Å². The molecular formula is C16H19F3N2O2. The summed E-state index contributed by atoms with van der Waals surface area (Å²) in [5, 5.41) is 2.45. The van der Waals surface area contributed by atoms with Crippen LogP contribution >= 0.6 is 0 Å². The van der Waals surface area contributed by atoms with Crippen molar-refractivity contribution in [2.75, 3.05) is 0 Å². The molecule has 0 aliphatic carbocycles. The molecule has 0 spiro atoms. The Balaban J connectivity index is 2.67. The van der Waals surface area contributed by atoms with Crippen molar-refractivity contribution in [3.05, 3.63) is 48.0 Å². The van der Waals surface area contributed by atoms with Crippen molar-refractivity contribution < 1.29 is 22.8 Å². The van der Waals surface area contributed by atoms with E-state index in [1.807, 2.05) is 0 Å². The number of rotatable bonds is 8. The van der Waals surface area contributed by atoms with Gasteiger partial charge in [-0.25, -0.2) is 0 Å². The second-order valence-corrected chi connectivity index (χ2v) is 5.12. The van der Waals surface area contributed by atoms with Gasteiger partial charge in [-0.3, -0.25) is 9.59 Å². The third-order valence-corrected chi connectivity index (χ3v) is 3.20. The van der Waals surface area contributed by atoms with Crippen molar-refractivity contribution >= 4 is 11.8 Å². The van der Waals surface area contributed by atoms with Crippen molar-refractivity contribution in [1.82, 2.24) is 5.32 Å². The Morgan fingerprint density at radius 2 is 2.04 bits per heavy atom. The Hall–Kier alpha value is -2.31. The maximum atomic E-state index is 12.6. The summed E-state index contributed by atoms with van der Waals surface area (Å²) < 4.78 is 37.9. The number of carbonyl (C=O) groups is 2. The highest BCUT2D eigenvalue weighted by molar-refractivity contribution is 5.87. The molecule has 0 heterocycles. The largest absolute Gasteiger partial charge is 0.416 e. The van der Waals surface area contributed by atoms with E-state index in [0.29, 0.717) is 19.3 Å². The summed E-state index contributed by atoms with van der Waals surface area (Å²) in [6, 6.07) is 3.67. The third kappa shape index (κ3) is 6.54. The van der Waals surface area contributed by atoms with Crippen molar-refractivity contribution in [3.8, 4) is 0 Å². The lowest BCUT2D eigenvalue weighted by atomic mass is 10.1. The van der Waals surface area contributed by atoms with E-state index in [1.165, 1.54) is 12.1 Å². The van der Waals surface area contributed by atoms with Crippen molar-refractivity contribution in [2.45, 2.75) is 37.9 Å². The predicted molar refractivity (Wildman–Crippen MR) is 80.3 cm³/mol. The lowest BCUT2D eigenvalue weighted by Crippen LogP contribution is -2.44. The number of nitrogens with one attached hydrogen (secondary N) is 1. The first kappa shape index (κ1) is 18.7. The molecule has 23 heavy (non-hydrogen) atoms. The minimum absolute atomic E-state index is 0.214.